The van der Waals surface area contributed by atoms with Crippen LogP contribution in [0.15, 0.2) is 37.4 Å². The molecule has 0 saturated carbocycles. The van der Waals surface area contributed by atoms with Gasteiger partial charge in [-0.2, -0.15) is 5.26 Å². The van der Waals surface area contributed by atoms with Crippen molar-refractivity contribution in [2.24, 2.45) is 0 Å². The van der Waals surface area contributed by atoms with Gasteiger partial charge in [-0.25, -0.2) is 9.59 Å². The highest BCUT2D eigenvalue weighted by Gasteiger charge is 2.60. The fourth-order valence-corrected chi connectivity index (χ4v) is 7.23. The standard InChI is InChI=1S/C34H37N3O10/c1-7-9-42-32-26-20(11-18(3)29(32)41-6)12-22-23(14-35)36-24(28(26)37(22)34(39)43-10-8-2)15-44-33(38)27(36)21-13-25(45-16-40-5)19(4)30-31(21)47-17-46-30/h7-8,11,13,22-24,27-28H,1-2,9-10,12,15-17H2,3-6H3/t22-,23-,24-,27+,28-/m0/s1. The average molecular weight is 648 g/mol. The lowest BCUT2D eigenvalue weighted by Gasteiger charge is -2.58. The summed E-state index contributed by atoms with van der Waals surface area (Å²) in [5, 5.41) is 10.8. The highest BCUT2D eigenvalue weighted by atomic mass is 16.7. The zero-order chi connectivity index (χ0) is 33.4. The lowest BCUT2D eigenvalue weighted by molar-refractivity contribution is -0.179. The van der Waals surface area contributed by atoms with Crippen molar-refractivity contribution in [2.45, 2.75) is 50.5 Å². The molecule has 2 fully saturated rings. The number of nitrogens with zero attached hydrogens (tertiary/aromatic N) is 3. The van der Waals surface area contributed by atoms with Gasteiger partial charge in [0, 0.05) is 23.8 Å². The smallest absolute Gasteiger partial charge is 0.411 e. The van der Waals surface area contributed by atoms with Crippen molar-refractivity contribution in [3.05, 3.63) is 65.3 Å². The maximum atomic E-state index is 13.9. The van der Waals surface area contributed by atoms with Crippen LogP contribution in [0, 0.1) is 25.2 Å². The second-order valence-electron chi connectivity index (χ2n) is 11.5. The van der Waals surface area contributed by atoms with E-state index in [1.165, 1.54) is 13.2 Å². The number of hydrogen-bond donors (Lipinski definition) is 0. The summed E-state index contributed by atoms with van der Waals surface area (Å²) >= 11 is 0. The minimum absolute atomic E-state index is 0.0288. The topological polar surface area (TPSA) is 138 Å². The first-order valence-corrected chi connectivity index (χ1v) is 15.2. The molecule has 0 aromatic heterocycles. The molecule has 0 aliphatic carbocycles. The summed E-state index contributed by atoms with van der Waals surface area (Å²) in [5.41, 5.74) is 3.49. The highest BCUT2D eigenvalue weighted by Crippen LogP contribution is 2.55. The van der Waals surface area contributed by atoms with Crippen LogP contribution in [0.5, 0.6) is 28.7 Å². The second-order valence-corrected chi connectivity index (χ2v) is 11.5. The van der Waals surface area contributed by atoms with E-state index in [-0.39, 0.29) is 39.8 Å². The van der Waals surface area contributed by atoms with E-state index in [0.29, 0.717) is 45.4 Å². The van der Waals surface area contributed by atoms with Crippen LogP contribution < -0.4 is 23.7 Å². The van der Waals surface area contributed by atoms with Crippen molar-refractivity contribution in [3.8, 4) is 34.8 Å². The molecule has 0 spiro atoms. The van der Waals surface area contributed by atoms with Crippen LogP contribution in [0.1, 0.15) is 39.9 Å². The number of rotatable bonds is 10. The number of piperazine rings is 1. The van der Waals surface area contributed by atoms with E-state index in [9.17, 15) is 14.9 Å². The molecule has 13 nitrogen and oxygen atoms in total. The van der Waals surface area contributed by atoms with Gasteiger partial charge in [-0.15, -0.1) is 0 Å². The molecule has 2 aromatic rings. The predicted molar refractivity (Wildman–Crippen MR) is 166 cm³/mol. The number of aryl methyl sites for hydroxylation is 1. The molecule has 4 aliphatic heterocycles. The summed E-state index contributed by atoms with van der Waals surface area (Å²) in [6, 6.07) is 1.86. The molecule has 2 aromatic carbocycles. The summed E-state index contributed by atoms with van der Waals surface area (Å²) in [6.07, 6.45) is 2.75. The normalized spacial score (nSPS) is 23.9. The number of cyclic esters (lactones) is 1. The van der Waals surface area contributed by atoms with Gasteiger partial charge in [-0.1, -0.05) is 31.4 Å². The molecule has 47 heavy (non-hydrogen) atoms. The van der Waals surface area contributed by atoms with Crippen molar-refractivity contribution in [1.29, 1.82) is 5.26 Å². The van der Waals surface area contributed by atoms with Crippen LogP contribution in [-0.2, 0) is 25.4 Å². The zero-order valence-electron chi connectivity index (χ0n) is 26.8. The van der Waals surface area contributed by atoms with Crippen molar-refractivity contribution >= 4 is 12.1 Å². The lowest BCUT2D eigenvalue weighted by Crippen LogP contribution is -2.71. The third-order valence-electron chi connectivity index (χ3n) is 8.99. The summed E-state index contributed by atoms with van der Waals surface area (Å²) in [4.78, 5) is 31.2. The number of amides is 1. The summed E-state index contributed by atoms with van der Waals surface area (Å²) in [5.74, 6) is 1.58. The van der Waals surface area contributed by atoms with Crippen LogP contribution in [0.4, 0.5) is 4.79 Å². The Labute approximate surface area is 272 Å². The van der Waals surface area contributed by atoms with Gasteiger partial charge in [0.25, 0.3) is 0 Å². The molecule has 2 bridgehead atoms. The number of carbonyl (C=O) groups excluding carboxylic acids is 2. The highest BCUT2D eigenvalue weighted by molar-refractivity contribution is 5.82. The number of nitriles is 1. The summed E-state index contributed by atoms with van der Waals surface area (Å²) in [6.45, 7) is 11.1. The number of ether oxygens (including phenoxy) is 8. The van der Waals surface area contributed by atoms with Gasteiger partial charge >= 0.3 is 12.1 Å². The maximum absolute atomic E-state index is 13.9. The van der Waals surface area contributed by atoms with Crippen LogP contribution in [0.2, 0.25) is 0 Å². The van der Waals surface area contributed by atoms with Crippen LogP contribution in [0.25, 0.3) is 0 Å². The van der Waals surface area contributed by atoms with Gasteiger partial charge in [-0.3, -0.25) is 9.80 Å². The molecule has 13 heteroatoms. The third-order valence-corrected chi connectivity index (χ3v) is 8.99. The van der Waals surface area contributed by atoms with E-state index in [2.05, 4.69) is 19.2 Å². The monoisotopic (exact) mass is 647 g/mol. The molecular formula is C34H37N3O10. The Kier molecular flexibility index (Phi) is 8.90. The molecule has 1 amide bonds. The molecule has 0 radical (unpaired) electrons. The predicted octanol–water partition coefficient (Wildman–Crippen LogP) is 4.05. The van der Waals surface area contributed by atoms with E-state index in [0.717, 1.165) is 11.1 Å². The number of methoxy groups -OCH3 is 2. The van der Waals surface area contributed by atoms with E-state index >= 15 is 0 Å². The van der Waals surface area contributed by atoms with Crippen LogP contribution >= 0.6 is 0 Å². The molecule has 0 N–H and O–H groups in total. The number of carbonyl (C=O) groups is 2. The molecule has 0 unspecified atom stereocenters. The number of fused-ring (bicyclic) bond motifs is 7. The zero-order valence-corrected chi connectivity index (χ0v) is 26.8. The largest absolute Gasteiger partial charge is 0.493 e. The lowest BCUT2D eigenvalue weighted by atomic mass is 9.75. The molecule has 4 heterocycles. The van der Waals surface area contributed by atoms with Gasteiger partial charge in [0.1, 0.15) is 37.7 Å². The average Bonchev–Trinajstić information content (AvgIpc) is 3.56. The Morgan fingerprint density at radius 3 is 2.53 bits per heavy atom. The fourth-order valence-electron chi connectivity index (χ4n) is 7.23. The molecule has 4 aliphatic rings. The molecule has 6 rings (SSSR count). The molecule has 5 atom stereocenters. The minimum atomic E-state index is -1.11. The van der Waals surface area contributed by atoms with E-state index in [1.807, 2.05) is 24.8 Å². The Morgan fingerprint density at radius 2 is 1.83 bits per heavy atom. The quantitative estimate of drug-likeness (QED) is 0.209. The summed E-state index contributed by atoms with van der Waals surface area (Å²) in [7, 11) is 3.06. The third kappa shape index (κ3) is 5.17. The number of esters is 1. The van der Waals surface area contributed by atoms with Crippen LogP contribution in [0.3, 0.4) is 0 Å². The Balaban J connectivity index is 1.57. The first-order chi connectivity index (χ1) is 22.8. The van der Waals surface area contributed by atoms with E-state index < -0.39 is 42.3 Å². The van der Waals surface area contributed by atoms with E-state index in [1.54, 1.807) is 24.2 Å². The molecular weight excluding hydrogens is 610 g/mol. The van der Waals surface area contributed by atoms with Crippen molar-refractivity contribution in [1.82, 2.24) is 9.80 Å². The number of morpholine rings is 1. The second kappa shape index (κ2) is 13.1. The van der Waals surface area contributed by atoms with Gasteiger partial charge in [0.05, 0.1) is 31.3 Å². The summed E-state index contributed by atoms with van der Waals surface area (Å²) < 4.78 is 46.3. The van der Waals surface area contributed by atoms with Gasteiger partial charge in [0.2, 0.25) is 6.79 Å². The van der Waals surface area contributed by atoms with Gasteiger partial charge in [0.15, 0.2) is 29.8 Å². The fraction of sp³-hybridized carbons (Fsp3) is 0.441. The Bertz CT molecular complexity index is 1650. The van der Waals surface area contributed by atoms with E-state index in [4.69, 9.17) is 37.9 Å². The first-order valence-electron chi connectivity index (χ1n) is 15.2. The SMILES string of the molecule is C=CCOC(=O)N1[C@@H]2c3c(cc(C)c(OC)c3OCC=C)C[C@H]1[C@H](C#N)N1[C@H](c3cc(OCOC)c(C)c4c3OCO4)C(=O)OC[C@@H]21. The van der Waals surface area contributed by atoms with Gasteiger partial charge in [-0.05, 0) is 37.5 Å². The molecule has 248 valence electrons. The van der Waals surface area contributed by atoms with Crippen molar-refractivity contribution in [2.75, 3.05) is 47.6 Å². The number of benzene rings is 2. The van der Waals surface area contributed by atoms with Crippen molar-refractivity contribution < 1.29 is 47.5 Å². The maximum Gasteiger partial charge on any atom is 0.411 e. The van der Waals surface area contributed by atoms with Crippen LogP contribution in [-0.4, -0.2) is 87.6 Å². The van der Waals surface area contributed by atoms with Crippen molar-refractivity contribution in [3.63, 3.8) is 0 Å². The Morgan fingerprint density at radius 1 is 1.06 bits per heavy atom. The Hall–Kier alpha value is -4.93. The number of hydrogen-bond acceptors (Lipinski definition) is 12. The first kappa shape index (κ1) is 32.0. The molecule has 2 saturated heterocycles. The van der Waals surface area contributed by atoms with Gasteiger partial charge < -0.3 is 37.9 Å². The minimum Gasteiger partial charge on any atom is -0.493 e.